The van der Waals surface area contributed by atoms with Gasteiger partial charge in [-0.1, -0.05) is 42.8 Å². The molecule has 1 saturated heterocycles. The van der Waals surface area contributed by atoms with Gasteiger partial charge >= 0.3 is 0 Å². The second kappa shape index (κ2) is 11.2. The molecule has 9 heteroatoms. The van der Waals surface area contributed by atoms with Gasteiger partial charge in [-0.15, -0.1) is 0 Å². The summed E-state index contributed by atoms with van der Waals surface area (Å²) in [5, 5.41) is 24.3. The molecule has 170 valence electrons. The van der Waals surface area contributed by atoms with E-state index in [1.54, 1.807) is 12.1 Å². The lowest BCUT2D eigenvalue weighted by Crippen LogP contribution is -2.49. The van der Waals surface area contributed by atoms with Crippen molar-refractivity contribution in [3.63, 3.8) is 0 Å². The highest BCUT2D eigenvalue weighted by Gasteiger charge is 2.23. The minimum atomic E-state index is -3.64. The number of piperidine rings is 1. The molecule has 8 nitrogen and oxygen atoms in total. The Labute approximate surface area is 188 Å². The second-order valence-electron chi connectivity index (χ2n) is 7.74. The van der Waals surface area contributed by atoms with Gasteiger partial charge in [0.25, 0.3) is 0 Å². The standard InChI is InChI=1S/C23H28N4O4S/c24-16-20(27-23(29)22-3-1-2-12-25-22)15-17-4-6-18(7-5-17)19-8-10-21(11-9-19)32(30,31)26-13-14-28/h4-11,20,22,25-26,28H,1-3,12-15H2,(H,27,29)/t20-,22-/m0/s1. The van der Waals surface area contributed by atoms with Gasteiger partial charge < -0.3 is 15.7 Å². The van der Waals surface area contributed by atoms with Crippen LogP contribution in [0.5, 0.6) is 0 Å². The molecule has 2 aromatic rings. The second-order valence-corrected chi connectivity index (χ2v) is 9.51. The monoisotopic (exact) mass is 456 g/mol. The summed E-state index contributed by atoms with van der Waals surface area (Å²) in [5.41, 5.74) is 2.68. The molecule has 2 atom stereocenters. The van der Waals surface area contributed by atoms with Crippen LogP contribution in [0.25, 0.3) is 11.1 Å². The number of benzene rings is 2. The van der Waals surface area contributed by atoms with Crippen molar-refractivity contribution < 1.29 is 18.3 Å². The van der Waals surface area contributed by atoms with Crippen molar-refractivity contribution in [3.05, 3.63) is 54.1 Å². The summed E-state index contributed by atoms with van der Waals surface area (Å²) in [6, 6.07) is 15.4. The first-order chi connectivity index (χ1) is 15.4. The van der Waals surface area contributed by atoms with Gasteiger partial charge in [0.2, 0.25) is 15.9 Å². The van der Waals surface area contributed by atoms with Gasteiger partial charge in [-0.3, -0.25) is 4.79 Å². The molecule has 2 aromatic carbocycles. The molecule has 0 bridgehead atoms. The van der Waals surface area contributed by atoms with Crippen molar-refractivity contribution in [2.75, 3.05) is 19.7 Å². The average molecular weight is 457 g/mol. The van der Waals surface area contributed by atoms with E-state index in [9.17, 15) is 18.5 Å². The third kappa shape index (κ3) is 6.37. The zero-order valence-corrected chi connectivity index (χ0v) is 18.6. The van der Waals surface area contributed by atoms with E-state index in [-0.39, 0.29) is 30.0 Å². The van der Waals surface area contributed by atoms with Crippen molar-refractivity contribution in [3.8, 4) is 17.2 Å². The molecule has 0 saturated carbocycles. The summed E-state index contributed by atoms with van der Waals surface area (Å²) in [5.74, 6) is -0.128. The summed E-state index contributed by atoms with van der Waals surface area (Å²) in [4.78, 5) is 12.5. The van der Waals surface area contributed by atoms with Crippen LogP contribution in [0.1, 0.15) is 24.8 Å². The van der Waals surface area contributed by atoms with Crippen LogP contribution < -0.4 is 15.4 Å². The largest absolute Gasteiger partial charge is 0.395 e. The van der Waals surface area contributed by atoms with Gasteiger partial charge in [-0.2, -0.15) is 5.26 Å². The van der Waals surface area contributed by atoms with Crippen LogP contribution >= 0.6 is 0 Å². The fraction of sp³-hybridized carbons (Fsp3) is 0.391. The summed E-state index contributed by atoms with van der Waals surface area (Å²) in [7, 11) is -3.64. The molecule has 32 heavy (non-hydrogen) atoms. The van der Waals surface area contributed by atoms with E-state index >= 15 is 0 Å². The molecule has 1 aliphatic rings. The Hall–Kier alpha value is -2.77. The number of nitrogens with one attached hydrogen (secondary N) is 3. The highest BCUT2D eigenvalue weighted by Crippen LogP contribution is 2.22. The Morgan fingerprint density at radius 1 is 1.12 bits per heavy atom. The molecule has 0 aliphatic carbocycles. The minimum absolute atomic E-state index is 0.0349. The van der Waals surface area contributed by atoms with Gasteiger partial charge in [0, 0.05) is 13.0 Å². The topological polar surface area (TPSA) is 131 Å². The van der Waals surface area contributed by atoms with Gasteiger partial charge in [-0.25, -0.2) is 13.1 Å². The molecular weight excluding hydrogens is 428 g/mol. The zero-order valence-electron chi connectivity index (χ0n) is 17.8. The number of nitriles is 1. The summed E-state index contributed by atoms with van der Waals surface area (Å²) in [6.45, 7) is 0.521. The van der Waals surface area contributed by atoms with E-state index in [1.165, 1.54) is 12.1 Å². The number of amides is 1. The molecule has 0 aromatic heterocycles. The van der Waals surface area contributed by atoms with Gasteiger partial charge in [-0.05, 0) is 48.2 Å². The third-order valence-corrected chi connectivity index (χ3v) is 6.87. The normalized spacial score (nSPS) is 17.3. The fourth-order valence-electron chi connectivity index (χ4n) is 3.64. The Balaban J connectivity index is 1.61. The van der Waals surface area contributed by atoms with E-state index in [2.05, 4.69) is 21.4 Å². The molecule has 0 unspecified atom stereocenters. The van der Waals surface area contributed by atoms with Gasteiger partial charge in [0.1, 0.15) is 6.04 Å². The average Bonchev–Trinajstić information content (AvgIpc) is 2.83. The van der Waals surface area contributed by atoms with E-state index in [4.69, 9.17) is 5.11 Å². The van der Waals surface area contributed by atoms with E-state index in [0.717, 1.165) is 42.5 Å². The highest BCUT2D eigenvalue weighted by molar-refractivity contribution is 7.89. The maximum absolute atomic E-state index is 12.4. The van der Waals surface area contributed by atoms with Crippen molar-refractivity contribution in [2.24, 2.45) is 0 Å². The lowest BCUT2D eigenvalue weighted by Gasteiger charge is -2.23. The van der Waals surface area contributed by atoms with Crippen molar-refractivity contribution in [1.82, 2.24) is 15.4 Å². The van der Waals surface area contributed by atoms with Crippen molar-refractivity contribution in [2.45, 2.75) is 42.7 Å². The molecule has 1 aliphatic heterocycles. The number of hydrogen-bond donors (Lipinski definition) is 4. The quantitative estimate of drug-likeness (QED) is 0.450. The fourth-order valence-corrected chi connectivity index (χ4v) is 4.66. The van der Waals surface area contributed by atoms with Crippen LogP contribution in [-0.4, -0.2) is 51.2 Å². The first kappa shape index (κ1) is 23.9. The van der Waals surface area contributed by atoms with Crippen LogP contribution in [-0.2, 0) is 21.2 Å². The molecule has 1 fully saturated rings. The van der Waals surface area contributed by atoms with Crippen LogP contribution in [0.4, 0.5) is 0 Å². The molecule has 0 radical (unpaired) electrons. The van der Waals surface area contributed by atoms with Crippen LogP contribution in [0.2, 0.25) is 0 Å². The predicted octanol–water partition coefficient (Wildman–Crippen LogP) is 1.32. The number of rotatable bonds is 9. The van der Waals surface area contributed by atoms with E-state index < -0.39 is 16.1 Å². The Morgan fingerprint density at radius 3 is 2.34 bits per heavy atom. The van der Waals surface area contributed by atoms with Crippen molar-refractivity contribution in [1.29, 1.82) is 5.26 Å². The zero-order chi connectivity index (χ0) is 23.0. The molecule has 3 rings (SSSR count). The number of aliphatic hydroxyl groups is 1. The lowest BCUT2D eigenvalue weighted by atomic mass is 10.00. The maximum Gasteiger partial charge on any atom is 0.240 e. The first-order valence-electron chi connectivity index (χ1n) is 10.7. The number of carbonyl (C=O) groups excluding carboxylic acids is 1. The van der Waals surface area contributed by atoms with Crippen LogP contribution in [0.3, 0.4) is 0 Å². The Kier molecular flexibility index (Phi) is 8.36. The molecule has 1 amide bonds. The van der Waals surface area contributed by atoms with E-state index in [1.807, 2.05) is 24.3 Å². The van der Waals surface area contributed by atoms with Gasteiger partial charge in [0.05, 0.1) is 23.6 Å². The number of hydrogen-bond acceptors (Lipinski definition) is 6. The number of nitrogens with zero attached hydrogens (tertiary/aromatic N) is 1. The predicted molar refractivity (Wildman–Crippen MR) is 121 cm³/mol. The smallest absolute Gasteiger partial charge is 0.240 e. The number of carbonyl (C=O) groups is 1. The molecule has 0 spiro atoms. The molecular formula is C23H28N4O4S. The SMILES string of the molecule is N#C[C@H](Cc1ccc(-c2ccc(S(=O)(=O)NCCO)cc2)cc1)NC(=O)[C@@H]1CCCCN1. The maximum atomic E-state index is 12.4. The van der Waals surface area contributed by atoms with E-state index in [0.29, 0.717) is 6.42 Å². The van der Waals surface area contributed by atoms with Gasteiger partial charge in [0.15, 0.2) is 0 Å². The number of sulfonamides is 1. The Bertz CT molecular complexity index is 1040. The summed E-state index contributed by atoms with van der Waals surface area (Å²) >= 11 is 0. The lowest BCUT2D eigenvalue weighted by molar-refractivity contribution is -0.124. The van der Waals surface area contributed by atoms with Crippen LogP contribution in [0, 0.1) is 11.3 Å². The number of aliphatic hydroxyl groups excluding tert-OH is 1. The Morgan fingerprint density at radius 2 is 1.78 bits per heavy atom. The van der Waals surface area contributed by atoms with Crippen LogP contribution in [0.15, 0.2) is 53.4 Å². The summed E-state index contributed by atoms with van der Waals surface area (Å²) < 4.78 is 26.5. The minimum Gasteiger partial charge on any atom is -0.395 e. The first-order valence-corrected chi connectivity index (χ1v) is 12.1. The summed E-state index contributed by atoms with van der Waals surface area (Å²) in [6.07, 6.45) is 3.27. The third-order valence-electron chi connectivity index (χ3n) is 5.39. The molecule has 4 N–H and O–H groups in total. The molecule has 1 heterocycles. The highest BCUT2D eigenvalue weighted by atomic mass is 32.2. The van der Waals surface area contributed by atoms with Crippen molar-refractivity contribution >= 4 is 15.9 Å².